The third kappa shape index (κ3) is 3.32. The Morgan fingerprint density at radius 1 is 1.26 bits per heavy atom. The van der Waals surface area contributed by atoms with Crippen LogP contribution in [0.2, 0.25) is 0 Å². The Morgan fingerprint density at radius 3 is 2.61 bits per heavy atom. The molecule has 4 heterocycles. The number of pyridine rings is 1. The summed E-state index contributed by atoms with van der Waals surface area (Å²) >= 11 is 0. The van der Waals surface area contributed by atoms with Crippen molar-refractivity contribution < 1.29 is 4.79 Å². The quantitative estimate of drug-likeness (QED) is 0.899. The normalized spacial score (nSPS) is 25.5. The van der Waals surface area contributed by atoms with Crippen LogP contribution in [0.25, 0.3) is 5.65 Å². The Kier molecular flexibility index (Phi) is 5.55. The summed E-state index contributed by atoms with van der Waals surface area (Å²) in [4.78, 5) is 19.0. The van der Waals surface area contributed by atoms with Gasteiger partial charge < -0.3 is 14.6 Å². The predicted octanol–water partition coefficient (Wildman–Crippen LogP) is 2.53. The van der Waals surface area contributed by atoms with Gasteiger partial charge >= 0.3 is 0 Å². The van der Waals surface area contributed by atoms with Crippen molar-refractivity contribution in [1.29, 1.82) is 0 Å². The third-order valence-electron chi connectivity index (χ3n) is 4.90. The van der Waals surface area contributed by atoms with E-state index in [-0.39, 0.29) is 30.7 Å². The molecule has 23 heavy (non-hydrogen) atoms. The van der Waals surface area contributed by atoms with Crippen LogP contribution in [-0.2, 0) is 0 Å². The van der Waals surface area contributed by atoms with E-state index in [0.717, 1.165) is 18.5 Å². The van der Waals surface area contributed by atoms with Crippen LogP contribution in [0, 0.1) is 0 Å². The van der Waals surface area contributed by atoms with E-state index >= 15 is 0 Å². The molecule has 2 atom stereocenters. The summed E-state index contributed by atoms with van der Waals surface area (Å²) in [6.07, 6.45) is 8.36. The van der Waals surface area contributed by atoms with Crippen molar-refractivity contribution in [2.75, 3.05) is 7.05 Å². The molecule has 1 amide bonds. The van der Waals surface area contributed by atoms with Gasteiger partial charge in [-0.25, -0.2) is 4.98 Å². The molecule has 126 valence electrons. The lowest BCUT2D eigenvalue weighted by Crippen LogP contribution is -2.48. The molecule has 0 spiro atoms. The molecule has 0 radical (unpaired) electrons. The first-order valence-corrected chi connectivity index (χ1v) is 7.67. The number of nitrogens with one attached hydrogen (secondary N) is 1. The lowest BCUT2D eigenvalue weighted by atomic mass is 9.98. The van der Waals surface area contributed by atoms with E-state index in [1.165, 1.54) is 12.8 Å². The smallest absolute Gasteiger partial charge is 0.274 e. The Labute approximate surface area is 148 Å². The molecule has 2 saturated heterocycles. The van der Waals surface area contributed by atoms with Gasteiger partial charge in [-0.2, -0.15) is 0 Å². The van der Waals surface area contributed by atoms with Crippen molar-refractivity contribution >= 4 is 36.4 Å². The highest BCUT2D eigenvalue weighted by molar-refractivity contribution is 5.93. The van der Waals surface area contributed by atoms with Crippen LogP contribution in [0.1, 0.15) is 36.2 Å². The maximum absolute atomic E-state index is 12.7. The fourth-order valence-corrected chi connectivity index (χ4v) is 3.73. The molecule has 4 rings (SSSR count). The molecule has 2 aromatic heterocycles. The van der Waals surface area contributed by atoms with Gasteiger partial charge in [0.1, 0.15) is 11.3 Å². The number of rotatable bonds is 2. The van der Waals surface area contributed by atoms with E-state index in [0.29, 0.717) is 23.8 Å². The second kappa shape index (κ2) is 7.07. The van der Waals surface area contributed by atoms with Crippen molar-refractivity contribution in [3.05, 3.63) is 36.3 Å². The van der Waals surface area contributed by atoms with E-state index in [1.807, 2.05) is 46.9 Å². The van der Waals surface area contributed by atoms with Gasteiger partial charge in [0.25, 0.3) is 5.91 Å². The van der Waals surface area contributed by atoms with E-state index in [4.69, 9.17) is 0 Å². The van der Waals surface area contributed by atoms with Gasteiger partial charge in [0, 0.05) is 37.6 Å². The molecule has 1 N–H and O–H groups in total. The summed E-state index contributed by atoms with van der Waals surface area (Å²) in [6, 6.07) is 7.31. The van der Waals surface area contributed by atoms with Crippen LogP contribution >= 0.6 is 24.8 Å². The zero-order chi connectivity index (χ0) is 14.4. The predicted molar refractivity (Wildman–Crippen MR) is 94.7 cm³/mol. The van der Waals surface area contributed by atoms with Gasteiger partial charge in [0.05, 0.1) is 0 Å². The van der Waals surface area contributed by atoms with Gasteiger partial charge in [-0.1, -0.05) is 6.07 Å². The molecule has 0 saturated carbocycles. The number of carbonyl (C=O) groups excluding carboxylic acids is 1. The number of hydrogen-bond donors (Lipinski definition) is 1. The SMILES string of the molecule is CN(C(=O)c1cn2ccccc2n1)C1CC2CCC(C1)N2.Cl.Cl. The van der Waals surface area contributed by atoms with Crippen LogP contribution in [0.5, 0.6) is 0 Å². The van der Waals surface area contributed by atoms with E-state index in [2.05, 4.69) is 10.3 Å². The van der Waals surface area contributed by atoms with Crippen molar-refractivity contribution in [3.63, 3.8) is 0 Å². The number of halogens is 2. The zero-order valence-electron chi connectivity index (χ0n) is 13.0. The highest BCUT2D eigenvalue weighted by Gasteiger charge is 2.36. The minimum absolute atomic E-state index is 0. The fourth-order valence-electron chi connectivity index (χ4n) is 3.73. The van der Waals surface area contributed by atoms with Crippen molar-refractivity contribution in [2.24, 2.45) is 0 Å². The standard InChI is InChI=1S/C16H20N4O.2ClH/c1-19(13-8-11-5-6-12(9-13)17-11)16(21)14-10-20-7-3-2-4-15(20)18-14;;/h2-4,7,10-13,17H,5-6,8-9H2,1H3;2*1H. The molecule has 5 nitrogen and oxygen atoms in total. The molecule has 7 heteroatoms. The molecular formula is C16H22Cl2N4O. The minimum atomic E-state index is 0. The molecule has 0 aliphatic carbocycles. The minimum Gasteiger partial charge on any atom is -0.337 e. The Morgan fingerprint density at radius 2 is 1.96 bits per heavy atom. The molecule has 2 bridgehead atoms. The first-order valence-electron chi connectivity index (χ1n) is 7.67. The Balaban J connectivity index is 0.000000960. The molecule has 2 aliphatic heterocycles. The Hall–Kier alpha value is -1.30. The maximum atomic E-state index is 12.7. The van der Waals surface area contributed by atoms with Crippen molar-refractivity contribution in [3.8, 4) is 0 Å². The highest BCUT2D eigenvalue weighted by Crippen LogP contribution is 2.29. The summed E-state index contributed by atoms with van der Waals surface area (Å²) in [5.74, 6) is 0.0324. The van der Waals surface area contributed by atoms with E-state index in [9.17, 15) is 4.79 Å². The second-order valence-electron chi connectivity index (χ2n) is 6.27. The lowest BCUT2D eigenvalue weighted by molar-refractivity contribution is 0.0676. The highest BCUT2D eigenvalue weighted by atomic mass is 35.5. The van der Waals surface area contributed by atoms with Crippen LogP contribution in [0.3, 0.4) is 0 Å². The average molecular weight is 357 g/mol. The average Bonchev–Trinajstić information content (AvgIpc) is 3.08. The monoisotopic (exact) mass is 356 g/mol. The van der Waals surface area contributed by atoms with Gasteiger partial charge in [-0.3, -0.25) is 4.79 Å². The number of aromatic nitrogens is 2. The first-order chi connectivity index (χ1) is 10.2. The topological polar surface area (TPSA) is 49.6 Å². The zero-order valence-corrected chi connectivity index (χ0v) is 14.6. The van der Waals surface area contributed by atoms with Crippen LogP contribution in [-0.4, -0.2) is 45.4 Å². The number of piperidine rings is 1. The number of amides is 1. The molecule has 2 aromatic rings. The maximum Gasteiger partial charge on any atom is 0.274 e. The Bertz CT molecular complexity index is 645. The lowest BCUT2D eigenvalue weighted by Gasteiger charge is -2.35. The third-order valence-corrected chi connectivity index (χ3v) is 4.90. The van der Waals surface area contributed by atoms with Crippen molar-refractivity contribution in [1.82, 2.24) is 19.6 Å². The molecule has 2 fully saturated rings. The van der Waals surface area contributed by atoms with Crippen molar-refractivity contribution in [2.45, 2.75) is 43.8 Å². The summed E-state index contributed by atoms with van der Waals surface area (Å²) in [5.41, 5.74) is 1.36. The fraction of sp³-hybridized carbons (Fsp3) is 0.500. The van der Waals surface area contributed by atoms with Gasteiger partial charge in [-0.15, -0.1) is 24.8 Å². The van der Waals surface area contributed by atoms with Gasteiger partial charge in [0.15, 0.2) is 0 Å². The molecule has 2 aliphatic rings. The number of imidazole rings is 1. The molecule has 2 unspecified atom stereocenters. The van der Waals surface area contributed by atoms with Gasteiger partial charge in [-0.05, 0) is 37.8 Å². The van der Waals surface area contributed by atoms with Crippen LogP contribution in [0.15, 0.2) is 30.6 Å². The second-order valence-corrected chi connectivity index (χ2v) is 6.27. The van der Waals surface area contributed by atoms with Crippen LogP contribution in [0.4, 0.5) is 0 Å². The number of nitrogens with zero attached hydrogens (tertiary/aromatic N) is 3. The van der Waals surface area contributed by atoms with E-state index in [1.54, 1.807) is 0 Å². The number of hydrogen-bond acceptors (Lipinski definition) is 3. The summed E-state index contributed by atoms with van der Waals surface area (Å²) in [7, 11) is 1.92. The van der Waals surface area contributed by atoms with Crippen LogP contribution < -0.4 is 5.32 Å². The molecular weight excluding hydrogens is 335 g/mol. The summed E-state index contributed by atoms with van der Waals surface area (Å²) in [5, 5.41) is 3.62. The summed E-state index contributed by atoms with van der Waals surface area (Å²) in [6.45, 7) is 0. The summed E-state index contributed by atoms with van der Waals surface area (Å²) < 4.78 is 1.90. The van der Waals surface area contributed by atoms with E-state index < -0.39 is 0 Å². The van der Waals surface area contributed by atoms with Gasteiger partial charge in [0.2, 0.25) is 0 Å². The molecule has 0 aromatic carbocycles. The number of carbonyl (C=O) groups is 1. The largest absolute Gasteiger partial charge is 0.337 e. The first kappa shape index (κ1) is 18.0. The number of fused-ring (bicyclic) bond motifs is 3.